The average Bonchev–Trinajstić information content (AvgIpc) is 2.81. The van der Waals surface area contributed by atoms with Gasteiger partial charge in [0.25, 0.3) is 0 Å². The number of ether oxygens (including phenoxy) is 1. The van der Waals surface area contributed by atoms with Gasteiger partial charge in [-0.2, -0.15) is 0 Å². The van der Waals surface area contributed by atoms with Crippen LogP contribution in [0.25, 0.3) is 20.7 Å². The second kappa shape index (κ2) is 4.72. The Morgan fingerprint density at radius 2 is 2.11 bits per heavy atom. The lowest BCUT2D eigenvalue weighted by molar-refractivity contribution is 0.374. The third kappa shape index (κ3) is 2.13. The van der Waals surface area contributed by atoms with E-state index in [1.54, 1.807) is 12.1 Å². The van der Waals surface area contributed by atoms with Crippen LogP contribution in [0.5, 0.6) is 11.5 Å². The highest BCUT2D eigenvalue weighted by molar-refractivity contribution is 7.21. The highest BCUT2D eigenvalue weighted by Crippen LogP contribution is 2.41. The number of hydrogen-bond donors (Lipinski definition) is 1. The molecule has 0 amide bonds. The van der Waals surface area contributed by atoms with Crippen molar-refractivity contribution in [2.24, 2.45) is 0 Å². The van der Waals surface area contributed by atoms with Crippen molar-refractivity contribution in [1.29, 1.82) is 0 Å². The minimum atomic E-state index is 0.141. The Morgan fingerprint density at radius 1 is 1.26 bits per heavy atom. The first kappa shape index (κ1) is 12.3. The third-order valence-electron chi connectivity index (χ3n) is 2.83. The number of phenols is 1. The molecule has 3 aromatic rings. The monoisotopic (exact) mass is 291 g/mol. The molecule has 0 atom stereocenters. The molecule has 0 aliphatic rings. The summed E-state index contributed by atoms with van der Waals surface area (Å²) in [4.78, 5) is 6.05. The summed E-state index contributed by atoms with van der Waals surface area (Å²) < 4.78 is 5.12. The first-order chi connectivity index (χ1) is 9.19. The molecular weight excluding hydrogens is 282 g/mol. The second-order valence-corrected chi connectivity index (χ2v) is 5.41. The van der Waals surface area contributed by atoms with Crippen molar-refractivity contribution in [2.45, 2.75) is 0 Å². The quantitative estimate of drug-likeness (QED) is 0.715. The lowest BCUT2D eigenvalue weighted by atomic mass is 10.1. The number of benzene rings is 1. The third-order valence-corrected chi connectivity index (χ3v) is 4.12. The summed E-state index contributed by atoms with van der Waals surface area (Å²) in [5, 5.41) is 11.6. The SMILES string of the molecule is COc1cccc(-c2cc3ccc(Cl)nc3s2)c1O. The Kier molecular flexibility index (Phi) is 3.05. The minimum Gasteiger partial charge on any atom is -0.504 e. The molecule has 0 radical (unpaired) electrons. The number of nitrogens with zero attached hydrogens (tertiary/aromatic N) is 1. The Balaban J connectivity index is 2.19. The average molecular weight is 292 g/mol. The molecule has 0 spiro atoms. The summed E-state index contributed by atoms with van der Waals surface area (Å²) in [5.41, 5.74) is 0.735. The Labute approximate surface area is 119 Å². The number of rotatable bonds is 2. The van der Waals surface area contributed by atoms with Crippen LogP contribution in [0.15, 0.2) is 36.4 Å². The molecule has 3 rings (SSSR count). The van der Waals surface area contributed by atoms with E-state index in [1.807, 2.05) is 24.3 Å². The molecule has 0 saturated heterocycles. The molecule has 0 unspecified atom stereocenters. The Morgan fingerprint density at radius 3 is 2.89 bits per heavy atom. The van der Waals surface area contributed by atoms with E-state index in [-0.39, 0.29) is 5.75 Å². The summed E-state index contributed by atoms with van der Waals surface area (Å²) in [6, 6.07) is 11.1. The summed E-state index contributed by atoms with van der Waals surface area (Å²) in [7, 11) is 1.53. The van der Waals surface area contributed by atoms with Crippen LogP contribution in [0.3, 0.4) is 0 Å². The number of aromatic nitrogens is 1. The van der Waals surface area contributed by atoms with Gasteiger partial charge < -0.3 is 9.84 Å². The normalized spacial score (nSPS) is 10.8. The molecule has 1 N–H and O–H groups in total. The van der Waals surface area contributed by atoms with Gasteiger partial charge in [-0.15, -0.1) is 11.3 Å². The van der Waals surface area contributed by atoms with Crippen LogP contribution in [0, 0.1) is 0 Å². The predicted octanol–water partition coefficient (Wildman–Crippen LogP) is 4.33. The lowest BCUT2D eigenvalue weighted by Gasteiger charge is -2.06. The molecule has 96 valence electrons. The summed E-state index contributed by atoms with van der Waals surface area (Å²) in [6.45, 7) is 0. The van der Waals surface area contributed by atoms with Crippen LogP contribution in [-0.4, -0.2) is 17.2 Å². The molecule has 2 aromatic heterocycles. The van der Waals surface area contributed by atoms with Crippen molar-refractivity contribution < 1.29 is 9.84 Å². The molecule has 3 nitrogen and oxygen atoms in total. The molecule has 0 bridgehead atoms. The van der Waals surface area contributed by atoms with Crippen molar-refractivity contribution in [3.63, 3.8) is 0 Å². The van der Waals surface area contributed by atoms with E-state index in [0.29, 0.717) is 10.9 Å². The number of fused-ring (bicyclic) bond motifs is 1. The van der Waals surface area contributed by atoms with Crippen molar-refractivity contribution in [3.05, 3.63) is 41.6 Å². The fraction of sp³-hybridized carbons (Fsp3) is 0.0714. The molecule has 0 aliphatic carbocycles. The maximum atomic E-state index is 10.2. The van der Waals surface area contributed by atoms with Gasteiger partial charge in [0, 0.05) is 15.8 Å². The number of aromatic hydroxyl groups is 1. The standard InChI is InChI=1S/C14H10ClNO2S/c1-18-10-4-2-3-9(13(10)17)11-7-8-5-6-12(15)16-14(8)19-11/h2-7,17H,1H3. The first-order valence-corrected chi connectivity index (χ1v) is 6.81. The zero-order valence-electron chi connectivity index (χ0n) is 10.1. The largest absolute Gasteiger partial charge is 0.504 e. The van der Waals surface area contributed by atoms with E-state index >= 15 is 0 Å². The minimum absolute atomic E-state index is 0.141. The van der Waals surface area contributed by atoms with Gasteiger partial charge >= 0.3 is 0 Å². The molecule has 5 heteroatoms. The molecular formula is C14H10ClNO2S. The van der Waals surface area contributed by atoms with Gasteiger partial charge in [0.2, 0.25) is 0 Å². The predicted molar refractivity (Wildman–Crippen MR) is 78.3 cm³/mol. The fourth-order valence-corrected chi connectivity index (χ4v) is 3.17. The first-order valence-electron chi connectivity index (χ1n) is 5.61. The van der Waals surface area contributed by atoms with Crippen molar-refractivity contribution in [2.75, 3.05) is 7.11 Å². The van der Waals surface area contributed by atoms with E-state index in [0.717, 1.165) is 20.7 Å². The van der Waals surface area contributed by atoms with E-state index < -0.39 is 0 Å². The second-order valence-electron chi connectivity index (χ2n) is 4.00. The van der Waals surface area contributed by atoms with Crippen LogP contribution in [0.2, 0.25) is 5.15 Å². The van der Waals surface area contributed by atoms with Gasteiger partial charge in [0.1, 0.15) is 9.98 Å². The molecule has 19 heavy (non-hydrogen) atoms. The maximum Gasteiger partial charge on any atom is 0.166 e. The molecule has 0 fully saturated rings. The summed E-state index contributed by atoms with van der Waals surface area (Å²) >= 11 is 7.37. The number of thiophene rings is 1. The van der Waals surface area contributed by atoms with Gasteiger partial charge in [-0.25, -0.2) is 4.98 Å². The summed E-state index contributed by atoms with van der Waals surface area (Å²) in [5.74, 6) is 0.601. The fourth-order valence-electron chi connectivity index (χ4n) is 1.91. The van der Waals surface area contributed by atoms with Gasteiger partial charge in [0.05, 0.1) is 7.11 Å². The number of halogens is 1. The van der Waals surface area contributed by atoms with Crippen molar-refractivity contribution in [3.8, 4) is 21.9 Å². The van der Waals surface area contributed by atoms with Crippen LogP contribution in [-0.2, 0) is 0 Å². The van der Waals surface area contributed by atoms with Gasteiger partial charge in [0.15, 0.2) is 11.5 Å². The van der Waals surface area contributed by atoms with Crippen LogP contribution < -0.4 is 4.74 Å². The number of pyridine rings is 1. The topological polar surface area (TPSA) is 42.4 Å². The Bertz CT molecular complexity index is 754. The maximum absolute atomic E-state index is 10.2. The van der Waals surface area contributed by atoms with Crippen molar-refractivity contribution in [1.82, 2.24) is 4.98 Å². The summed E-state index contributed by atoms with van der Waals surface area (Å²) in [6.07, 6.45) is 0. The van der Waals surface area contributed by atoms with Crippen molar-refractivity contribution >= 4 is 33.2 Å². The smallest absolute Gasteiger partial charge is 0.166 e. The van der Waals surface area contributed by atoms with Gasteiger partial charge in [-0.05, 0) is 30.3 Å². The van der Waals surface area contributed by atoms with E-state index in [1.165, 1.54) is 18.4 Å². The number of phenolic OH excluding ortho intramolecular Hbond substituents is 1. The van der Waals surface area contributed by atoms with E-state index in [2.05, 4.69) is 4.98 Å². The zero-order chi connectivity index (χ0) is 13.4. The van der Waals surface area contributed by atoms with Gasteiger partial charge in [-0.1, -0.05) is 17.7 Å². The van der Waals surface area contributed by atoms with E-state index in [4.69, 9.17) is 16.3 Å². The highest BCUT2D eigenvalue weighted by atomic mass is 35.5. The molecule has 2 heterocycles. The van der Waals surface area contributed by atoms with E-state index in [9.17, 15) is 5.11 Å². The number of hydrogen-bond acceptors (Lipinski definition) is 4. The molecule has 0 aliphatic heterocycles. The highest BCUT2D eigenvalue weighted by Gasteiger charge is 2.12. The van der Waals surface area contributed by atoms with Gasteiger partial charge in [-0.3, -0.25) is 0 Å². The Hall–Kier alpha value is -1.78. The zero-order valence-corrected chi connectivity index (χ0v) is 11.6. The number of methoxy groups -OCH3 is 1. The lowest BCUT2D eigenvalue weighted by Crippen LogP contribution is -1.84. The van der Waals surface area contributed by atoms with Crippen LogP contribution >= 0.6 is 22.9 Å². The van der Waals surface area contributed by atoms with Crippen LogP contribution in [0.1, 0.15) is 0 Å². The molecule has 1 aromatic carbocycles. The number of para-hydroxylation sites is 1. The molecule has 0 saturated carbocycles. The van der Waals surface area contributed by atoms with Crippen LogP contribution in [0.4, 0.5) is 0 Å².